The molecule has 0 saturated heterocycles. The van der Waals surface area contributed by atoms with E-state index in [0.717, 1.165) is 12.8 Å². The lowest BCUT2D eigenvalue weighted by Gasteiger charge is -2.20. The molecule has 0 fully saturated rings. The smallest absolute Gasteiger partial charge is 0.320 e. The van der Waals surface area contributed by atoms with Crippen LogP contribution in [0.3, 0.4) is 0 Å². The van der Waals surface area contributed by atoms with Crippen LogP contribution in [0, 0.1) is 11.8 Å². The molecular weight excluding hydrogens is 190 g/mol. The van der Waals surface area contributed by atoms with E-state index >= 15 is 0 Å². The minimum atomic E-state index is -0.878. The second-order valence-electron chi connectivity index (χ2n) is 4.58. The highest BCUT2D eigenvalue weighted by Gasteiger charge is 2.19. The van der Waals surface area contributed by atoms with Gasteiger partial charge in [0, 0.05) is 0 Å². The minimum Gasteiger partial charge on any atom is -0.480 e. The van der Waals surface area contributed by atoms with Crippen LogP contribution in [0.1, 0.15) is 52.9 Å². The van der Waals surface area contributed by atoms with Crippen LogP contribution in [0.15, 0.2) is 0 Å². The quantitative estimate of drug-likeness (QED) is 0.654. The Labute approximate surface area is 93.0 Å². The first kappa shape index (κ1) is 14.4. The van der Waals surface area contributed by atoms with E-state index in [4.69, 9.17) is 10.8 Å². The fourth-order valence-corrected chi connectivity index (χ4v) is 2.07. The molecule has 0 aliphatic rings. The molecule has 0 aromatic heterocycles. The predicted octanol–water partition coefficient (Wildman–Crippen LogP) is 2.64. The zero-order valence-electron chi connectivity index (χ0n) is 10.2. The standard InChI is InChI=1S/C12H25NO2/c1-4-6-9(3)7-10(5-2)8-11(13)12(14)15/h9-11H,4-8,13H2,1-3H3,(H,14,15). The van der Waals surface area contributed by atoms with Gasteiger partial charge in [0.2, 0.25) is 0 Å². The SMILES string of the molecule is CCCC(C)CC(CC)CC(N)C(=O)O. The second kappa shape index (κ2) is 7.69. The molecule has 0 heterocycles. The second-order valence-corrected chi connectivity index (χ2v) is 4.58. The van der Waals surface area contributed by atoms with Crippen molar-refractivity contribution in [1.29, 1.82) is 0 Å². The van der Waals surface area contributed by atoms with Crippen LogP contribution < -0.4 is 5.73 Å². The highest BCUT2D eigenvalue weighted by Crippen LogP contribution is 2.23. The lowest BCUT2D eigenvalue weighted by molar-refractivity contribution is -0.139. The number of carbonyl (C=O) groups is 1. The number of hydrogen-bond donors (Lipinski definition) is 2. The van der Waals surface area contributed by atoms with Gasteiger partial charge in [0.05, 0.1) is 0 Å². The van der Waals surface area contributed by atoms with Crippen molar-refractivity contribution in [3.05, 3.63) is 0 Å². The highest BCUT2D eigenvalue weighted by molar-refractivity contribution is 5.72. The Bertz CT molecular complexity index is 182. The maximum atomic E-state index is 10.6. The molecule has 0 rings (SSSR count). The Hall–Kier alpha value is -0.570. The minimum absolute atomic E-state index is 0.456. The summed E-state index contributed by atoms with van der Waals surface area (Å²) in [7, 11) is 0. The molecule has 3 atom stereocenters. The van der Waals surface area contributed by atoms with Crippen LogP contribution in [-0.2, 0) is 4.79 Å². The Morgan fingerprint density at radius 1 is 1.33 bits per heavy atom. The molecule has 0 bridgehead atoms. The fraction of sp³-hybridized carbons (Fsp3) is 0.917. The zero-order valence-corrected chi connectivity index (χ0v) is 10.2. The molecule has 0 spiro atoms. The number of hydrogen-bond acceptors (Lipinski definition) is 2. The monoisotopic (exact) mass is 215 g/mol. The molecule has 3 N–H and O–H groups in total. The summed E-state index contributed by atoms with van der Waals surface area (Å²) in [5, 5.41) is 8.74. The lowest BCUT2D eigenvalue weighted by atomic mass is 9.87. The van der Waals surface area contributed by atoms with Gasteiger partial charge in [0.25, 0.3) is 0 Å². The van der Waals surface area contributed by atoms with Crippen molar-refractivity contribution >= 4 is 5.97 Å². The third kappa shape index (κ3) is 6.50. The highest BCUT2D eigenvalue weighted by atomic mass is 16.4. The molecule has 0 aliphatic carbocycles. The Morgan fingerprint density at radius 3 is 2.33 bits per heavy atom. The van der Waals surface area contributed by atoms with Gasteiger partial charge < -0.3 is 10.8 Å². The summed E-state index contributed by atoms with van der Waals surface area (Å²) in [6.07, 6.45) is 5.15. The van der Waals surface area contributed by atoms with Gasteiger partial charge >= 0.3 is 5.97 Å². The number of nitrogens with two attached hydrogens (primary N) is 1. The normalized spacial score (nSPS) is 17.1. The number of carboxylic acids is 1. The molecule has 0 amide bonds. The van der Waals surface area contributed by atoms with Crippen LogP contribution in [0.4, 0.5) is 0 Å². The summed E-state index contributed by atoms with van der Waals surface area (Å²) in [6.45, 7) is 6.52. The topological polar surface area (TPSA) is 63.3 Å². The average molecular weight is 215 g/mol. The van der Waals surface area contributed by atoms with Crippen molar-refractivity contribution in [1.82, 2.24) is 0 Å². The van der Waals surface area contributed by atoms with Crippen LogP contribution in [0.25, 0.3) is 0 Å². The van der Waals surface area contributed by atoms with Gasteiger partial charge in [-0.2, -0.15) is 0 Å². The van der Waals surface area contributed by atoms with Crippen molar-refractivity contribution in [3.8, 4) is 0 Å². The molecule has 0 aromatic carbocycles. The van der Waals surface area contributed by atoms with Crippen LogP contribution >= 0.6 is 0 Å². The zero-order chi connectivity index (χ0) is 11.8. The molecule has 0 aromatic rings. The van der Waals surface area contributed by atoms with E-state index in [2.05, 4.69) is 20.8 Å². The van der Waals surface area contributed by atoms with Gasteiger partial charge in [0.1, 0.15) is 6.04 Å². The summed E-state index contributed by atoms with van der Waals surface area (Å²) in [5.74, 6) is 0.259. The molecule has 90 valence electrons. The van der Waals surface area contributed by atoms with Gasteiger partial charge in [-0.15, -0.1) is 0 Å². The van der Waals surface area contributed by atoms with Gasteiger partial charge in [0.15, 0.2) is 0 Å². The molecule has 15 heavy (non-hydrogen) atoms. The molecule has 0 aliphatic heterocycles. The molecule has 0 radical (unpaired) electrons. The molecule has 0 saturated carbocycles. The molecule has 3 unspecified atom stereocenters. The summed E-state index contributed by atoms with van der Waals surface area (Å²) in [5.41, 5.74) is 5.54. The van der Waals surface area contributed by atoms with Crippen molar-refractivity contribution in [2.75, 3.05) is 0 Å². The Morgan fingerprint density at radius 2 is 1.93 bits per heavy atom. The first-order valence-corrected chi connectivity index (χ1v) is 5.99. The Balaban J connectivity index is 3.96. The maximum Gasteiger partial charge on any atom is 0.320 e. The average Bonchev–Trinajstić information content (AvgIpc) is 2.16. The summed E-state index contributed by atoms with van der Waals surface area (Å²) >= 11 is 0. The first-order valence-electron chi connectivity index (χ1n) is 5.99. The number of aliphatic carboxylic acids is 1. The lowest BCUT2D eigenvalue weighted by Crippen LogP contribution is -2.32. The summed E-state index contributed by atoms with van der Waals surface area (Å²) in [4.78, 5) is 10.6. The van der Waals surface area contributed by atoms with E-state index in [1.165, 1.54) is 12.8 Å². The third-order valence-electron chi connectivity index (χ3n) is 3.00. The van der Waals surface area contributed by atoms with Crippen LogP contribution in [0.5, 0.6) is 0 Å². The van der Waals surface area contributed by atoms with Crippen molar-refractivity contribution in [3.63, 3.8) is 0 Å². The summed E-state index contributed by atoms with van der Waals surface area (Å²) in [6, 6.07) is -0.691. The fourth-order valence-electron chi connectivity index (χ4n) is 2.07. The van der Waals surface area contributed by atoms with Crippen molar-refractivity contribution < 1.29 is 9.90 Å². The van der Waals surface area contributed by atoms with Gasteiger partial charge in [-0.1, -0.05) is 40.0 Å². The number of carboxylic acid groups (broad SMARTS) is 1. The third-order valence-corrected chi connectivity index (χ3v) is 3.00. The van der Waals surface area contributed by atoms with E-state index in [9.17, 15) is 4.79 Å². The molecule has 3 heteroatoms. The van der Waals surface area contributed by atoms with E-state index in [-0.39, 0.29) is 0 Å². The van der Waals surface area contributed by atoms with Crippen molar-refractivity contribution in [2.24, 2.45) is 17.6 Å². The predicted molar refractivity (Wildman–Crippen MR) is 62.7 cm³/mol. The molecular formula is C12H25NO2. The van der Waals surface area contributed by atoms with Gasteiger partial charge in [-0.3, -0.25) is 4.79 Å². The van der Waals surface area contributed by atoms with E-state index < -0.39 is 12.0 Å². The van der Waals surface area contributed by atoms with Crippen LogP contribution in [-0.4, -0.2) is 17.1 Å². The first-order chi connectivity index (χ1) is 7.01. The summed E-state index contributed by atoms with van der Waals surface area (Å²) < 4.78 is 0. The molecule has 3 nitrogen and oxygen atoms in total. The van der Waals surface area contributed by atoms with E-state index in [1.54, 1.807) is 0 Å². The van der Waals surface area contributed by atoms with Crippen molar-refractivity contribution in [2.45, 2.75) is 58.9 Å². The van der Waals surface area contributed by atoms with E-state index in [1.807, 2.05) is 0 Å². The van der Waals surface area contributed by atoms with Gasteiger partial charge in [-0.05, 0) is 24.7 Å². The van der Waals surface area contributed by atoms with E-state index in [0.29, 0.717) is 18.3 Å². The number of rotatable bonds is 8. The Kier molecular flexibility index (Phi) is 7.39. The van der Waals surface area contributed by atoms with Crippen LogP contribution in [0.2, 0.25) is 0 Å². The largest absolute Gasteiger partial charge is 0.480 e. The maximum absolute atomic E-state index is 10.6. The van der Waals surface area contributed by atoms with Gasteiger partial charge in [-0.25, -0.2) is 0 Å².